The smallest absolute Gasteiger partial charge is 0.0412 e. The van der Waals surface area contributed by atoms with E-state index >= 15 is 0 Å². The molecule has 0 saturated heterocycles. The van der Waals surface area contributed by atoms with Gasteiger partial charge in [-0.2, -0.15) is 0 Å². The molecule has 0 saturated carbocycles. The summed E-state index contributed by atoms with van der Waals surface area (Å²) in [5, 5.41) is 0.740. The summed E-state index contributed by atoms with van der Waals surface area (Å²) in [6.07, 6.45) is 1.78. The molecule has 0 bridgehead atoms. The highest BCUT2D eigenvalue weighted by Gasteiger charge is 1.86. The minimum absolute atomic E-state index is 0.740. The highest BCUT2D eigenvalue weighted by molar-refractivity contribution is 6.30. The van der Waals surface area contributed by atoms with Crippen LogP contribution in [0.15, 0.2) is 36.6 Å². The topological polar surface area (TPSA) is 0 Å². The fourth-order valence-corrected chi connectivity index (χ4v) is 0.913. The lowest BCUT2D eigenvalue weighted by molar-refractivity contribution is 1.66. The molecule has 0 aliphatic carbocycles. The molecule has 1 rings (SSSR count). The summed E-state index contributed by atoms with van der Waals surface area (Å²) in [5.74, 6) is 0. The van der Waals surface area contributed by atoms with Gasteiger partial charge in [0.1, 0.15) is 0 Å². The van der Waals surface area contributed by atoms with E-state index in [9.17, 15) is 0 Å². The van der Waals surface area contributed by atoms with Gasteiger partial charge in [-0.1, -0.05) is 30.3 Å². The molecule has 0 N–H and O–H groups in total. The summed E-state index contributed by atoms with van der Waals surface area (Å²) in [5.41, 5.74) is 3.71. The molecule has 1 heteroatoms. The van der Waals surface area contributed by atoms with E-state index in [0.29, 0.717) is 0 Å². The van der Waals surface area contributed by atoms with Crippen LogP contribution in [0.2, 0.25) is 5.02 Å². The SMILES string of the molecule is C=C=Cc1cccc(Cl)c1. The van der Waals surface area contributed by atoms with Crippen LogP contribution >= 0.6 is 11.6 Å². The second-order valence-corrected chi connectivity index (χ2v) is 2.34. The van der Waals surface area contributed by atoms with Gasteiger partial charge in [-0.3, -0.25) is 0 Å². The largest absolute Gasteiger partial charge is 0.128 e. The molecule has 0 fully saturated rings. The van der Waals surface area contributed by atoms with E-state index in [1.807, 2.05) is 24.3 Å². The molecule has 1 aromatic rings. The van der Waals surface area contributed by atoms with Gasteiger partial charge in [0, 0.05) is 5.02 Å². The van der Waals surface area contributed by atoms with Crippen LogP contribution in [-0.2, 0) is 0 Å². The fraction of sp³-hybridized carbons (Fsp3) is 0. The Balaban J connectivity index is 3.06. The Morgan fingerprint density at radius 2 is 2.30 bits per heavy atom. The molecule has 1 aromatic carbocycles. The van der Waals surface area contributed by atoms with Crippen LogP contribution < -0.4 is 0 Å². The number of hydrogen-bond donors (Lipinski definition) is 0. The first-order chi connectivity index (χ1) is 4.83. The number of benzene rings is 1. The van der Waals surface area contributed by atoms with Crippen LogP contribution in [0.4, 0.5) is 0 Å². The molecule has 0 aromatic heterocycles. The molecule has 0 nitrogen and oxygen atoms in total. The van der Waals surface area contributed by atoms with Crippen LogP contribution in [0, 0.1) is 0 Å². The monoisotopic (exact) mass is 150 g/mol. The van der Waals surface area contributed by atoms with Gasteiger partial charge in [0.2, 0.25) is 0 Å². The normalized spacial score (nSPS) is 8.50. The lowest BCUT2D eigenvalue weighted by Crippen LogP contribution is -1.68. The molecule has 50 valence electrons. The Kier molecular flexibility index (Phi) is 2.33. The molecule has 10 heavy (non-hydrogen) atoms. The quantitative estimate of drug-likeness (QED) is 0.540. The van der Waals surface area contributed by atoms with Gasteiger partial charge in [0.25, 0.3) is 0 Å². The zero-order valence-corrected chi connectivity index (χ0v) is 6.23. The first kappa shape index (κ1) is 7.14. The van der Waals surface area contributed by atoms with E-state index in [-0.39, 0.29) is 0 Å². The van der Waals surface area contributed by atoms with Gasteiger partial charge in [-0.25, -0.2) is 0 Å². The highest BCUT2D eigenvalue weighted by Crippen LogP contribution is 2.10. The predicted molar refractivity (Wildman–Crippen MR) is 45.1 cm³/mol. The van der Waals surface area contributed by atoms with Crippen LogP contribution in [0.1, 0.15) is 5.56 Å². The molecule has 0 amide bonds. The van der Waals surface area contributed by atoms with Crippen molar-refractivity contribution in [3.8, 4) is 0 Å². The van der Waals surface area contributed by atoms with Gasteiger partial charge in [-0.15, -0.1) is 5.73 Å². The van der Waals surface area contributed by atoms with Crippen molar-refractivity contribution in [3.63, 3.8) is 0 Å². The second kappa shape index (κ2) is 3.26. The van der Waals surface area contributed by atoms with Crippen molar-refractivity contribution < 1.29 is 0 Å². The zero-order valence-electron chi connectivity index (χ0n) is 5.47. The summed E-state index contributed by atoms with van der Waals surface area (Å²) in [4.78, 5) is 0. The molecular formula is C9H7Cl. The predicted octanol–water partition coefficient (Wildman–Crippen LogP) is 3.14. The highest BCUT2D eigenvalue weighted by atomic mass is 35.5. The maximum Gasteiger partial charge on any atom is 0.0412 e. The average molecular weight is 151 g/mol. The maximum absolute atomic E-state index is 5.71. The standard InChI is InChI=1S/C9H7Cl/c1-2-4-8-5-3-6-9(10)7-8/h3-7H,1H2. The number of halogens is 1. The van der Waals surface area contributed by atoms with Crippen LogP contribution in [-0.4, -0.2) is 0 Å². The van der Waals surface area contributed by atoms with Crippen molar-refractivity contribution in [2.75, 3.05) is 0 Å². The molecular weight excluding hydrogens is 144 g/mol. The van der Waals surface area contributed by atoms with Gasteiger partial charge in [0.15, 0.2) is 0 Å². The van der Waals surface area contributed by atoms with Crippen LogP contribution in [0.5, 0.6) is 0 Å². The molecule has 0 aliphatic rings. The lowest BCUT2D eigenvalue weighted by Gasteiger charge is -1.90. The van der Waals surface area contributed by atoms with Crippen molar-refractivity contribution in [2.24, 2.45) is 0 Å². The summed E-state index contributed by atoms with van der Waals surface area (Å²) >= 11 is 5.71. The Morgan fingerprint density at radius 3 is 2.90 bits per heavy atom. The molecule has 0 spiro atoms. The Hall–Kier alpha value is -0.970. The Morgan fingerprint density at radius 1 is 1.50 bits per heavy atom. The van der Waals surface area contributed by atoms with Crippen LogP contribution in [0.3, 0.4) is 0 Å². The first-order valence-corrected chi connectivity index (χ1v) is 3.32. The Bertz CT molecular complexity index is 270. The third kappa shape index (κ3) is 1.77. The third-order valence-electron chi connectivity index (χ3n) is 1.12. The van der Waals surface area contributed by atoms with Gasteiger partial charge in [0.05, 0.1) is 0 Å². The third-order valence-corrected chi connectivity index (χ3v) is 1.35. The number of rotatable bonds is 1. The van der Waals surface area contributed by atoms with E-state index in [1.165, 1.54) is 0 Å². The van der Waals surface area contributed by atoms with E-state index in [4.69, 9.17) is 11.6 Å². The summed E-state index contributed by atoms with van der Waals surface area (Å²) in [7, 11) is 0. The molecule has 0 atom stereocenters. The molecule has 0 aliphatic heterocycles. The summed E-state index contributed by atoms with van der Waals surface area (Å²) < 4.78 is 0. The van der Waals surface area contributed by atoms with Gasteiger partial charge in [-0.05, 0) is 23.8 Å². The zero-order chi connectivity index (χ0) is 7.40. The minimum atomic E-state index is 0.740. The van der Waals surface area contributed by atoms with Gasteiger partial charge >= 0.3 is 0 Å². The lowest BCUT2D eigenvalue weighted by atomic mass is 10.2. The maximum atomic E-state index is 5.71. The minimum Gasteiger partial charge on any atom is -0.128 e. The first-order valence-electron chi connectivity index (χ1n) is 2.94. The molecule has 0 unspecified atom stereocenters. The fourth-order valence-electron chi connectivity index (χ4n) is 0.714. The van der Waals surface area contributed by atoms with Crippen molar-refractivity contribution >= 4 is 17.7 Å². The summed E-state index contributed by atoms with van der Waals surface area (Å²) in [6, 6.07) is 7.54. The molecule has 0 heterocycles. The van der Waals surface area contributed by atoms with E-state index in [1.54, 1.807) is 6.08 Å². The van der Waals surface area contributed by atoms with E-state index in [0.717, 1.165) is 10.6 Å². The van der Waals surface area contributed by atoms with Crippen molar-refractivity contribution in [2.45, 2.75) is 0 Å². The van der Waals surface area contributed by atoms with E-state index < -0.39 is 0 Å². The Labute approximate surface area is 65.5 Å². The van der Waals surface area contributed by atoms with Crippen molar-refractivity contribution in [1.82, 2.24) is 0 Å². The van der Waals surface area contributed by atoms with Crippen molar-refractivity contribution in [3.05, 3.63) is 47.2 Å². The second-order valence-electron chi connectivity index (χ2n) is 1.90. The van der Waals surface area contributed by atoms with Crippen LogP contribution in [0.25, 0.3) is 6.08 Å². The molecule has 0 radical (unpaired) electrons. The van der Waals surface area contributed by atoms with Crippen molar-refractivity contribution in [1.29, 1.82) is 0 Å². The summed E-state index contributed by atoms with van der Waals surface area (Å²) in [6.45, 7) is 3.46. The average Bonchev–Trinajstić information content (AvgIpc) is 1.88. The number of hydrogen-bond acceptors (Lipinski definition) is 0. The van der Waals surface area contributed by atoms with Gasteiger partial charge < -0.3 is 0 Å². The van der Waals surface area contributed by atoms with E-state index in [2.05, 4.69) is 12.3 Å².